The first kappa shape index (κ1) is 14.2. The summed E-state index contributed by atoms with van der Waals surface area (Å²) in [5.41, 5.74) is 2.05. The number of rotatable bonds is 5. The van der Waals surface area contributed by atoms with Gasteiger partial charge in [0.05, 0.1) is 22.4 Å². The molecular formula is C14H17BrFN3. The van der Waals surface area contributed by atoms with E-state index in [4.69, 9.17) is 0 Å². The SMILES string of the molecule is CCNC(Cc1cccc(F)c1)c1c(Br)cnn1C. The Morgan fingerprint density at radius 3 is 2.84 bits per heavy atom. The van der Waals surface area contributed by atoms with Gasteiger partial charge in [-0.25, -0.2) is 4.39 Å². The van der Waals surface area contributed by atoms with Gasteiger partial charge in [0.15, 0.2) is 0 Å². The van der Waals surface area contributed by atoms with E-state index in [0.29, 0.717) is 0 Å². The first-order chi connectivity index (χ1) is 9.11. The molecule has 1 unspecified atom stereocenters. The van der Waals surface area contributed by atoms with Crippen molar-refractivity contribution in [3.63, 3.8) is 0 Å². The fraction of sp³-hybridized carbons (Fsp3) is 0.357. The smallest absolute Gasteiger partial charge is 0.123 e. The van der Waals surface area contributed by atoms with Gasteiger partial charge >= 0.3 is 0 Å². The predicted molar refractivity (Wildman–Crippen MR) is 77.4 cm³/mol. The summed E-state index contributed by atoms with van der Waals surface area (Å²) in [5, 5.41) is 7.66. The highest BCUT2D eigenvalue weighted by atomic mass is 79.9. The van der Waals surface area contributed by atoms with E-state index in [1.807, 2.05) is 17.8 Å². The minimum atomic E-state index is -0.197. The predicted octanol–water partition coefficient (Wildman–Crippen LogP) is 3.22. The van der Waals surface area contributed by atoms with E-state index in [-0.39, 0.29) is 11.9 Å². The van der Waals surface area contributed by atoms with Crippen LogP contribution >= 0.6 is 15.9 Å². The molecule has 1 atom stereocenters. The van der Waals surface area contributed by atoms with E-state index in [2.05, 4.69) is 33.3 Å². The fourth-order valence-electron chi connectivity index (χ4n) is 2.22. The van der Waals surface area contributed by atoms with Gasteiger partial charge in [-0.15, -0.1) is 0 Å². The molecule has 0 saturated carbocycles. The van der Waals surface area contributed by atoms with Crippen LogP contribution in [0.5, 0.6) is 0 Å². The summed E-state index contributed by atoms with van der Waals surface area (Å²) < 4.78 is 16.1. The highest BCUT2D eigenvalue weighted by molar-refractivity contribution is 9.10. The molecule has 2 aromatic rings. The molecule has 0 bridgehead atoms. The summed E-state index contributed by atoms with van der Waals surface area (Å²) >= 11 is 3.52. The third kappa shape index (κ3) is 3.42. The molecule has 0 amide bonds. The van der Waals surface area contributed by atoms with Crippen molar-refractivity contribution >= 4 is 15.9 Å². The second-order valence-electron chi connectivity index (χ2n) is 4.45. The van der Waals surface area contributed by atoms with Gasteiger partial charge in [-0.2, -0.15) is 5.10 Å². The molecule has 3 nitrogen and oxygen atoms in total. The Labute approximate surface area is 121 Å². The van der Waals surface area contributed by atoms with Crippen LogP contribution in [0, 0.1) is 5.82 Å². The number of hydrogen-bond acceptors (Lipinski definition) is 2. The molecule has 0 aliphatic rings. The fourth-order valence-corrected chi connectivity index (χ4v) is 2.85. The molecular weight excluding hydrogens is 309 g/mol. The summed E-state index contributed by atoms with van der Waals surface area (Å²) in [6, 6.07) is 6.83. The van der Waals surface area contributed by atoms with Crippen molar-refractivity contribution in [3.05, 3.63) is 52.0 Å². The lowest BCUT2D eigenvalue weighted by Crippen LogP contribution is -2.25. The van der Waals surface area contributed by atoms with Crippen molar-refractivity contribution in [3.8, 4) is 0 Å². The molecule has 19 heavy (non-hydrogen) atoms. The molecule has 0 aliphatic heterocycles. The molecule has 0 spiro atoms. The Bertz CT molecular complexity index is 534. The number of nitrogens with zero attached hydrogens (tertiary/aromatic N) is 2. The first-order valence-corrected chi connectivity index (χ1v) is 7.06. The number of likely N-dealkylation sites (N-methyl/N-ethyl adjacent to an activating group) is 1. The van der Waals surface area contributed by atoms with Crippen LogP contribution in [-0.2, 0) is 13.5 Å². The number of benzene rings is 1. The van der Waals surface area contributed by atoms with Crippen molar-refractivity contribution in [2.75, 3.05) is 6.54 Å². The van der Waals surface area contributed by atoms with Crippen LogP contribution in [0.4, 0.5) is 4.39 Å². The van der Waals surface area contributed by atoms with Crippen LogP contribution < -0.4 is 5.32 Å². The van der Waals surface area contributed by atoms with E-state index in [1.54, 1.807) is 18.3 Å². The zero-order chi connectivity index (χ0) is 13.8. The van der Waals surface area contributed by atoms with Gasteiger partial charge in [-0.05, 0) is 46.6 Å². The maximum Gasteiger partial charge on any atom is 0.123 e. The number of aromatic nitrogens is 2. The number of halogens is 2. The monoisotopic (exact) mass is 325 g/mol. The van der Waals surface area contributed by atoms with Crippen molar-refractivity contribution in [1.29, 1.82) is 0 Å². The standard InChI is InChI=1S/C14H17BrFN3/c1-3-17-13(14-12(15)9-18-19(14)2)8-10-5-4-6-11(16)7-10/h4-7,9,13,17H,3,8H2,1-2H3. The minimum absolute atomic E-state index is 0.105. The second kappa shape index (κ2) is 6.30. The van der Waals surface area contributed by atoms with Gasteiger partial charge in [0, 0.05) is 7.05 Å². The third-order valence-electron chi connectivity index (χ3n) is 3.05. The van der Waals surface area contributed by atoms with E-state index in [9.17, 15) is 4.39 Å². The Hall–Kier alpha value is -1.20. The molecule has 5 heteroatoms. The molecule has 1 N–H and O–H groups in total. The van der Waals surface area contributed by atoms with Gasteiger partial charge in [0.1, 0.15) is 5.82 Å². The van der Waals surface area contributed by atoms with Gasteiger partial charge in [0.2, 0.25) is 0 Å². The molecule has 0 radical (unpaired) electrons. The quantitative estimate of drug-likeness (QED) is 0.914. The van der Waals surface area contributed by atoms with E-state index in [1.165, 1.54) is 6.07 Å². The minimum Gasteiger partial charge on any atom is -0.309 e. The summed E-state index contributed by atoms with van der Waals surface area (Å²) in [6.07, 6.45) is 2.51. The lowest BCUT2D eigenvalue weighted by atomic mass is 10.0. The average Bonchev–Trinajstić information content (AvgIpc) is 2.69. The highest BCUT2D eigenvalue weighted by Crippen LogP contribution is 2.25. The highest BCUT2D eigenvalue weighted by Gasteiger charge is 2.18. The number of hydrogen-bond donors (Lipinski definition) is 1. The average molecular weight is 326 g/mol. The Morgan fingerprint density at radius 2 is 2.26 bits per heavy atom. The third-order valence-corrected chi connectivity index (χ3v) is 3.66. The molecule has 1 aromatic heterocycles. The van der Waals surface area contributed by atoms with Crippen molar-refractivity contribution in [2.45, 2.75) is 19.4 Å². The first-order valence-electron chi connectivity index (χ1n) is 6.27. The van der Waals surface area contributed by atoms with E-state index < -0.39 is 0 Å². The van der Waals surface area contributed by atoms with Gasteiger partial charge in [-0.3, -0.25) is 4.68 Å². The van der Waals surface area contributed by atoms with Crippen LogP contribution in [-0.4, -0.2) is 16.3 Å². The summed E-state index contributed by atoms with van der Waals surface area (Å²) in [7, 11) is 1.91. The van der Waals surface area contributed by atoms with E-state index >= 15 is 0 Å². The maximum atomic E-state index is 13.3. The molecule has 1 heterocycles. The normalized spacial score (nSPS) is 12.6. The Kier molecular flexibility index (Phi) is 4.71. The van der Waals surface area contributed by atoms with Crippen LogP contribution in [0.3, 0.4) is 0 Å². The van der Waals surface area contributed by atoms with Crippen LogP contribution in [0.1, 0.15) is 24.2 Å². The van der Waals surface area contributed by atoms with Crippen molar-refractivity contribution in [2.24, 2.45) is 7.05 Å². The van der Waals surface area contributed by atoms with Gasteiger partial charge in [0.25, 0.3) is 0 Å². The van der Waals surface area contributed by atoms with Crippen LogP contribution in [0.2, 0.25) is 0 Å². The zero-order valence-corrected chi connectivity index (χ0v) is 12.6. The van der Waals surface area contributed by atoms with Crippen LogP contribution in [0.15, 0.2) is 34.9 Å². The van der Waals surface area contributed by atoms with Gasteiger partial charge in [-0.1, -0.05) is 19.1 Å². The molecule has 0 aliphatic carbocycles. The summed E-state index contributed by atoms with van der Waals surface area (Å²) in [5.74, 6) is -0.197. The Balaban J connectivity index is 2.26. The molecule has 0 fully saturated rings. The summed E-state index contributed by atoms with van der Waals surface area (Å²) in [6.45, 7) is 2.90. The largest absolute Gasteiger partial charge is 0.309 e. The number of nitrogens with one attached hydrogen (secondary N) is 1. The maximum absolute atomic E-state index is 13.3. The van der Waals surface area contributed by atoms with E-state index in [0.717, 1.165) is 28.7 Å². The number of aryl methyl sites for hydroxylation is 1. The molecule has 2 rings (SSSR count). The topological polar surface area (TPSA) is 29.9 Å². The zero-order valence-electron chi connectivity index (χ0n) is 11.0. The molecule has 0 saturated heterocycles. The lowest BCUT2D eigenvalue weighted by Gasteiger charge is -2.19. The molecule has 102 valence electrons. The summed E-state index contributed by atoms with van der Waals surface area (Å²) in [4.78, 5) is 0. The van der Waals surface area contributed by atoms with Gasteiger partial charge < -0.3 is 5.32 Å². The van der Waals surface area contributed by atoms with Crippen LogP contribution in [0.25, 0.3) is 0 Å². The lowest BCUT2D eigenvalue weighted by molar-refractivity contribution is 0.504. The van der Waals surface area contributed by atoms with Crippen molar-refractivity contribution < 1.29 is 4.39 Å². The van der Waals surface area contributed by atoms with Crippen molar-refractivity contribution in [1.82, 2.24) is 15.1 Å². The second-order valence-corrected chi connectivity index (χ2v) is 5.30. The Morgan fingerprint density at radius 1 is 1.47 bits per heavy atom. The molecule has 1 aromatic carbocycles.